The summed E-state index contributed by atoms with van der Waals surface area (Å²) in [6.45, 7) is 1.05. The van der Waals surface area contributed by atoms with Crippen molar-refractivity contribution < 1.29 is 19.4 Å². The summed E-state index contributed by atoms with van der Waals surface area (Å²) in [6.07, 6.45) is 0.383. The fourth-order valence-electron chi connectivity index (χ4n) is 2.49. The largest absolute Gasteiger partial charge is 0.486 e. The Bertz CT molecular complexity index is 682. The van der Waals surface area contributed by atoms with Crippen molar-refractivity contribution in [2.45, 2.75) is 12.3 Å². The first-order chi connectivity index (χ1) is 10.6. The predicted molar refractivity (Wildman–Crippen MR) is 83.0 cm³/mol. The average molecular weight is 319 g/mol. The number of carboxylic acid groups (broad SMARTS) is 1. The molecule has 2 aromatic rings. The maximum absolute atomic E-state index is 11.6. The van der Waals surface area contributed by atoms with Crippen LogP contribution in [0.2, 0.25) is 5.02 Å². The molecular weight excluding hydrogens is 304 g/mol. The van der Waals surface area contributed by atoms with Gasteiger partial charge in [0.2, 0.25) is 0 Å². The van der Waals surface area contributed by atoms with E-state index in [-0.39, 0.29) is 0 Å². The average Bonchev–Trinajstić information content (AvgIpc) is 2.53. The minimum atomic E-state index is -0.864. The Kier molecular flexibility index (Phi) is 4.20. The third kappa shape index (κ3) is 3.17. The highest BCUT2D eigenvalue weighted by atomic mass is 35.5. The van der Waals surface area contributed by atoms with Crippen molar-refractivity contribution in [1.29, 1.82) is 0 Å². The van der Waals surface area contributed by atoms with Gasteiger partial charge in [-0.3, -0.25) is 4.79 Å². The fourth-order valence-corrected chi connectivity index (χ4v) is 2.62. The van der Waals surface area contributed by atoms with Crippen molar-refractivity contribution in [3.05, 3.63) is 58.6 Å². The molecule has 1 aliphatic rings. The maximum atomic E-state index is 11.6. The van der Waals surface area contributed by atoms with Crippen LogP contribution in [0.3, 0.4) is 0 Å². The van der Waals surface area contributed by atoms with Crippen molar-refractivity contribution in [2.75, 3.05) is 13.2 Å². The van der Waals surface area contributed by atoms with Crippen molar-refractivity contribution in [3.63, 3.8) is 0 Å². The fraction of sp³-hybridized carbons (Fsp3) is 0.235. The Balaban J connectivity index is 1.85. The summed E-state index contributed by atoms with van der Waals surface area (Å²) < 4.78 is 11.0. The Morgan fingerprint density at radius 3 is 2.45 bits per heavy atom. The van der Waals surface area contributed by atoms with Crippen molar-refractivity contribution in [1.82, 2.24) is 0 Å². The minimum Gasteiger partial charge on any atom is -0.486 e. The molecule has 114 valence electrons. The first-order valence-corrected chi connectivity index (χ1v) is 7.38. The molecule has 3 rings (SSSR count). The number of rotatable bonds is 4. The molecule has 2 aromatic carbocycles. The second-order valence-corrected chi connectivity index (χ2v) is 5.56. The molecule has 22 heavy (non-hydrogen) atoms. The van der Waals surface area contributed by atoms with E-state index in [0.29, 0.717) is 36.2 Å². The van der Waals surface area contributed by atoms with Gasteiger partial charge in [-0.1, -0.05) is 29.8 Å². The molecule has 0 aromatic heterocycles. The van der Waals surface area contributed by atoms with Crippen LogP contribution in [0.15, 0.2) is 42.5 Å². The Morgan fingerprint density at radius 2 is 1.77 bits per heavy atom. The molecule has 0 spiro atoms. The van der Waals surface area contributed by atoms with Crippen LogP contribution in [0.4, 0.5) is 0 Å². The molecule has 0 aliphatic carbocycles. The first-order valence-electron chi connectivity index (χ1n) is 7.00. The number of benzene rings is 2. The molecule has 5 heteroatoms. The summed E-state index contributed by atoms with van der Waals surface area (Å²) in [5.74, 6) is -0.116. The zero-order valence-corrected chi connectivity index (χ0v) is 12.5. The lowest BCUT2D eigenvalue weighted by Crippen LogP contribution is -2.17. The lowest BCUT2D eigenvalue weighted by Gasteiger charge is -2.20. The molecule has 1 heterocycles. The lowest BCUT2D eigenvalue weighted by molar-refractivity contribution is -0.138. The highest BCUT2D eigenvalue weighted by molar-refractivity contribution is 6.30. The number of aliphatic carboxylic acids is 1. The Morgan fingerprint density at radius 1 is 1.09 bits per heavy atom. The lowest BCUT2D eigenvalue weighted by atomic mass is 9.92. The van der Waals surface area contributed by atoms with Crippen LogP contribution < -0.4 is 9.47 Å². The molecule has 0 fully saturated rings. The highest BCUT2D eigenvalue weighted by Crippen LogP contribution is 2.32. The van der Waals surface area contributed by atoms with Gasteiger partial charge in [-0.2, -0.15) is 0 Å². The number of hydrogen-bond donors (Lipinski definition) is 1. The summed E-state index contributed by atoms with van der Waals surface area (Å²) in [7, 11) is 0. The Labute approximate surface area is 133 Å². The zero-order chi connectivity index (χ0) is 15.5. The van der Waals surface area contributed by atoms with Gasteiger partial charge >= 0.3 is 5.97 Å². The van der Waals surface area contributed by atoms with Crippen LogP contribution >= 0.6 is 11.6 Å². The van der Waals surface area contributed by atoms with E-state index in [1.165, 1.54) is 0 Å². The van der Waals surface area contributed by atoms with E-state index < -0.39 is 11.9 Å². The third-order valence-corrected chi connectivity index (χ3v) is 3.87. The number of carboxylic acids is 1. The van der Waals surface area contributed by atoms with E-state index in [9.17, 15) is 9.90 Å². The third-order valence-electron chi connectivity index (χ3n) is 3.62. The van der Waals surface area contributed by atoms with E-state index >= 15 is 0 Å². The van der Waals surface area contributed by atoms with E-state index in [2.05, 4.69) is 0 Å². The molecule has 0 bridgehead atoms. The van der Waals surface area contributed by atoms with Crippen LogP contribution in [0, 0.1) is 0 Å². The minimum absolute atomic E-state index is 0.383. The molecule has 1 aliphatic heterocycles. The quantitative estimate of drug-likeness (QED) is 0.937. The number of hydrogen-bond acceptors (Lipinski definition) is 3. The van der Waals surface area contributed by atoms with Gasteiger partial charge in [0.1, 0.15) is 13.2 Å². The normalized spacial score (nSPS) is 14.4. The molecule has 1 atom stereocenters. The monoisotopic (exact) mass is 318 g/mol. The summed E-state index contributed by atoms with van der Waals surface area (Å²) in [4.78, 5) is 11.6. The number of ether oxygens (including phenoxy) is 2. The van der Waals surface area contributed by atoms with Gasteiger partial charge in [-0.05, 0) is 41.8 Å². The molecule has 0 saturated heterocycles. The summed E-state index contributed by atoms with van der Waals surface area (Å²) in [5, 5.41) is 10.1. The smallest absolute Gasteiger partial charge is 0.311 e. The standard InChI is InChI=1S/C17H15ClO4/c18-13-4-2-12(3-5-13)14(17(19)20)9-11-1-6-15-16(10-11)22-8-7-21-15/h1-6,10,14H,7-9H2,(H,19,20). The van der Waals surface area contributed by atoms with E-state index in [1.54, 1.807) is 24.3 Å². The van der Waals surface area contributed by atoms with Gasteiger partial charge in [0.15, 0.2) is 11.5 Å². The van der Waals surface area contributed by atoms with Crippen molar-refractivity contribution in [3.8, 4) is 11.5 Å². The molecule has 0 saturated carbocycles. The van der Waals surface area contributed by atoms with Crippen LogP contribution in [-0.4, -0.2) is 24.3 Å². The summed E-state index contributed by atoms with van der Waals surface area (Å²) in [6, 6.07) is 12.5. The van der Waals surface area contributed by atoms with Crippen LogP contribution in [0.5, 0.6) is 11.5 Å². The molecule has 0 amide bonds. The molecule has 0 radical (unpaired) electrons. The number of halogens is 1. The maximum Gasteiger partial charge on any atom is 0.311 e. The van der Waals surface area contributed by atoms with Gasteiger partial charge in [-0.25, -0.2) is 0 Å². The molecule has 1 N–H and O–H groups in total. The van der Waals surface area contributed by atoms with Crippen molar-refractivity contribution >= 4 is 17.6 Å². The van der Waals surface area contributed by atoms with Gasteiger partial charge in [0.25, 0.3) is 0 Å². The second-order valence-electron chi connectivity index (χ2n) is 5.12. The second kappa shape index (κ2) is 6.28. The van der Waals surface area contributed by atoms with Gasteiger partial charge in [-0.15, -0.1) is 0 Å². The topological polar surface area (TPSA) is 55.8 Å². The number of fused-ring (bicyclic) bond motifs is 1. The van der Waals surface area contributed by atoms with Crippen LogP contribution in [-0.2, 0) is 11.2 Å². The molecular formula is C17H15ClO4. The SMILES string of the molecule is O=C(O)C(Cc1ccc2c(c1)OCCO2)c1ccc(Cl)cc1. The first kappa shape index (κ1) is 14.7. The summed E-state index contributed by atoms with van der Waals surface area (Å²) in [5.41, 5.74) is 1.62. The van der Waals surface area contributed by atoms with Gasteiger partial charge in [0.05, 0.1) is 5.92 Å². The molecule has 4 nitrogen and oxygen atoms in total. The zero-order valence-electron chi connectivity index (χ0n) is 11.8. The highest BCUT2D eigenvalue weighted by Gasteiger charge is 2.21. The van der Waals surface area contributed by atoms with Gasteiger partial charge in [0, 0.05) is 5.02 Å². The van der Waals surface area contributed by atoms with Gasteiger partial charge < -0.3 is 14.6 Å². The van der Waals surface area contributed by atoms with E-state index in [4.69, 9.17) is 21.1 Å². The van der Waals surface area contributed by atoms with Crippen molar-refractivity contribution in [2.24, 2.45) is 0 Å². The van der Waals surface area contributed by atoms with Crippen LogP contribution in [0.1, 0.15) is 17.0 Å². The Hall–Kier alpha value is -2.20. The van der Waals surface area contributed by atoms with E-state index in [1.807, 2.05) is 18.2 Å². The molecule has 1 unspecified atom stereocenters. The van der Waals surface area contributed by atoms with E-state index in [0.717, 1.165) is 11.1 Å². The number of carbonyl (C=O) groups is 1. The van der Waals surface area contributed by atoms with Crippen LogP contribution in [0.25, 0.3) is 0 Å². The summed E-state index contributed by atoms with van der Waals surface area (Å²) >= 11 is 5.86. The predicted octanol–water partition coefficient (Wildman–Crippen LogP) is 3.52.